The highest BCUT2D eigenvalue weighted by Crippen LogP contribution is 2.23. The Morgan fingerprint density at radius 3 is 2.50 bits per heavy atom. The molecule has 6 nitrogen and oxygen atoms in total. The topological polar surface area (TPSA) is 62.5 Å². The normalized spacial score (nSPS) is 13.8. The van der Waals surface area contributed by atoms with Gasteiger partial charge in [0, 0.05) is 30.5 Å². The fourth-order valence-corrected chi connectivity index (χ4v) is 2.58. The van der Waals surface area contributed by atoms with Gasteiger partial charge in [0.15, 0.2) is 0 Å². The minimum absolute atomic E-state index is 0.174. The summed E-state index contributed by atoms with van der Waals surface area (Å²) in [5, 5.41) is 17.6. The molecule has 6 heteroatoms. The molecule has 2 rings (SSSR count). The summed E-state index contributed by atoms with van der Waals surface area (Å²) in [5.41, 5.74) is 3.36. The van der Waals surface area contributed by atoms with Gasteiger partial charge in [-0.05, 0) is 52.2 Å². The van der Waals surface area contributed by atoms with Crippen molar-refractivity contribution < 1.29 is 9.84 Å². The molecule has 0 fully saturated rings. The fourth-order valence-electron chi connectivity index (χ4n) is 2.58. The summed E-state index contributed by atoms with van der Waals surface area (Å²) in [6.45, 7) is 5.06. The largest absolute Gasteiger partial charge is 0.491 e. The maximum atomic E-state index is 9.82. The summed E-state index contributed by atoms with van der Waals surface area (Å²) in [6.07, 6.45) is 1.41. The summed E-state index contributed by atoms with van der Waals surface area (Å²) in [6, 6.07) is 7.96. The maximum Gasteiger partial charge on any atom is 0.119 e. The molecule has 2 aromatic rings. The SMILES string of the molecule is Cc1c(C(C)Nc2ccc(OCC(O)CN(C)C)cc2)cnn1C. The first-order chi connectivity index (χ1) is 11.4. The highest BCUT2D eigenvalue weighted by molar-refractivity contribution is 5.48. The van der Waals surface area contributed by atoms with Gasteiger partial charge in [-0.25, -0.2) is 0 Å². The van der Waals surface area contributed by atoms with Crippen LogP contribution in [0, 0.1) is 6.92 Å². The number of hydrogen-bond donors (Lipinski definition) is 2. The molecule has 0 aliphatic rings. The van der Waals surface area contributed by atoms with Crippen LogP contribution in [-0.4, -0.2) is 53.1 Å². The summed E-state index contributed by atoms with van der Waals surface area (Å²) in [5.74, 6) is 0.753. The predicted octanol–water partition coefficient (Wildman–Crippen LogP) is 2.20. The molecule has 2 unspecified atom stereocenters. The number of aromatic nitrogens is 2. The van der Waals surface area contributed by atoms with Crippen LogP contribution in [0.5, 0.6) is 5.75 Å². The number of nitrogens with one attached hydrogen (secondary N) is 1. The third-order valence-corrected chi connectivity index (χ3v) is 4.00. The third kappa shape index (κ3) is 4.97. The van der Waals surface area contributed by atoms with Crippen LogP contribution in [-0.2, 0) is 7.05 Å². The van der Waals surface area contributed by atoms with E-state index in [-0.39, 0.29) is 12.6 Å². The van der Waals surface area contributed by atoms with Crippen LogP contribution in [0.25, 0.3) is 0 Å². The van der Waals surface area contributed by atoms with E-state index in [1.807, 2.05) is 61.2 Å². The van der Waals surface area contributed by atoms with Gasteiger partial charge in [-0.1, -0.05) is 0 Å². The number of aliphatic hydroxyl groups is 1. The van der Waals surface area contributed by atoms with E-state index in [0.717, 1.165) is 17.1 Å². The van der Waals surface area contributed by atoms with Gasteiger partial charge in [-0.3, -0.25) is 4.68 Å². The number of rotatable bonds is 8. The summed E-state index contributed by atoms with van der Waals surface area (Å²) in [4.78, 5) is 1.93. The number of benzene rings is 1. The van der Waals surface area contributed by atoms with Crippen LogP contribution < -0.4 is 10.1 Å². The van der Waals surface area contributed by atoms with Crippen molar-refractivity contribution in [2.45, 2.75) is 26.0 Å². The van der Waals surface area contributed by atoms with E-state index in [0.29, 0.717) is 6.54 Å². The van der Waals surface area contributed by atoms with Crippen molar-refractivity contribution in [1.29, 1.82) is 0 Å². The first kappa shape index (κ1) is 18.3. The highest BCUT2D eigenvalue weighted by atomic mass is 16.5. The lowest BCUT2D eigenvalue weighted by Gasteiger charge is -2.17. The van der Waals surface area contributed by atoms with Gasteiger partial charge in [0.2, 0.25) is 0 Å². The third-order valence-electron chi connectivity index (χ3n) is 4.00. The van der Waals surface area contributed by atoms with Crippen LogP contribution in [0.15, 0.2) is 30.5 Å². The molecule has 0 aliphatic carbocycles. The molecule has 0 spiro atoms. The molecule has 2 N–H and O–H groups in total. The van der Waals surface area contributed by atoms with Crippen molar-refractivity contribution in [2.75, 3.05) is 32.6 Å². The maximum absolute atomic E-state index is 9.82. The number of aryl methyl sites for hydroxylation is 1. The predicted molar refractivity (Wildman–Crippen MR) is 96.5 cm³/mol. The van der Waals surface area contributed by atoms with E-state index in [1.54, 1.807) is 0 Å². The number of aliphatic hydroxyl groups excluding tert-OH is 1. The zero-order chi connectivity index (χ0) is 17.7. The van der Waals surface area contributed by atoms with Crippen molar-refractivity contribution >= 4 is 5.69 Å². The van der Waals surface area contributed by atoms with Crippen LogP contribution in [0.2, 0.25) is 0 Å². The van der Waals surface area contributed by atoms with Gasteiger partial charge in [-0.15, -0.1) is 0 Å². The van der Waals surface area contributed by atoms with Gasteiger partial charge < -0.3 is 20.1 Å². The first-order valence-electron chi connectivity index (χ1n) is 8.17. The number of likely N-dealkylation sites (N-methyl/N-ethyl adjacent to an activating group) is 1. The smallest absolute Gasteiger partial charge is 0.119 e. The molecule has 0 radical (unpaired) electrons. The molecule has 0 saturated heterocycles. The van der Waals surface area contributed by atoms with E-state index in [2.05, 4.69) is 24.3 Å². The molecule has 24 heavy (non-hydrogen) atoms. The number of anilines is 1. The Hall–Kier alpha value is -2.05. The average Bonchev–Trinajstić information content (AvgIpc) is 2.86. The van der Waals surface area contributed by atoms with Crippen LogP contribution in [0.1, 0.15) is 24.2 Å². The number of ether oxygens (including phenoxy) is 1. The second-order valence-electron chi connectivity index (χ2n) is 6.43. The Balaban J connectivity index is 1.89. The van der Waals surface area contributed by atoms with Gasteiger partial charge in [-0.2, -0.15) is 5.10 Å². The second-order valence-corrected chi connectivity index (χ2v) is 6.43. The first-order valence-corrected chi connectivity index (χ1v) is 8.17. The quantitative estimate of drug-likeness (QED) is 0.776. The summed E-state index contributed by atoms with van der Waals surface area (Å²) >= 11 is 0. The lowest BCUT2D eigenvalue weighted by molar-refractivity contribution is 0.0831. The molecule has 1 aromatic carbocycles. The van der Waals surface area contributed by atoms with Gasteiger partial charge in [0.05, 0.1) is 12.2 Å². The Labute approximate surface area is 144 Å². The molecular weight excluding hydrogens is 304 g/mol. The zero-order valence-electron chi connectivity index (χ0n) is 15.2. The summed E-state index contributed by atoms with van der Waals surface area (Å²) in [7, 11) is 5.80. The lowest BCUT2D eigenvalue weighted by atomic mass is 10.1. The Bertz CT molecular complexity index is 637. The number of nitrogens with zero attached hydrogens (tertiary/aromatic N) is 3. The molecule has 0 amide bonds. The van der Waals surface area contributed by atoms with E-state index < -0.39 is 6.10 Å². The molecular formula is C18H28N4O2. The van der Waals surface area contributed by atoms with Gasteiger partial charge >= 0.3 is 0 Å². The van der Waals surface area contributed by atoms with Crippen LogP contribution in [0.4, 0.5) is 5.69 Å². The molecule has 1 heterocycles. The van der Waals surface area contributed by atoms with Crippen molar-refractivity contribution in [3.05, 3.63) is 41.7 Å². The summed E-state index contributed by atoms with van der Waals surface area (Å²) < 4.78 is 7.50. The molecule has 1 aromatic heterocycles. The van der Waals surface area contributed by atoms with Crippen molar-refractivity contribution in [1.82, 2.24) is 14.7 Å². The van der Waals surface area contributed by atoms with E-state index in [1.165, 1.54) is 5.56 Å². The average molecular weight is 332 g/mol. The fraction of sp³-hybridized carbons (Fsp3) is 0.500. The van der Waals surface area contributed by atoms with Gasteiger partial charge in [0.25, 0.3) is 0 Å². The molecule has 0 bridgehead atoms. The Morgan fingerprint density at radius 2 is 1.96 bits per heavy atom. The minimum atomic E-state index is -0.494. The lowest BCUT2D eigenvalue weighted by Crippen LogP contribution is -2.30. The van der Waals surface area contributed by atoms with E-state index in [9.17, 15) is 5.11 Å². The molecule has 0 aliphatic heterocycles. The van der Waals surface area contributed by atoms with E-state index in [4.69, 9.17) is 4.74 Å². The molecule has 0 saturated carbocycles. The number of hydrogen-bond acceptors (Lipinski definition) is 5. The van der Waals surface area contributed by atoms with Gasteiger partial charge in [0.1, 0.15) is 18.5 Å². The standard InChI is InChI=1S/C18H28N4O2/c1-13(18-10-19-22(5)14(18)2)20-15-6-8-17(9-7-15)24-12-16(23)11-21(3)4/h6-10,13,16,20,23H,11-12H2,1-5H3. The molecule has 2 atom stereocenters. The Morgan fingerprint density at radius 1 is 1.29 bits per heavy atom. The highest BCUT2D eigenvalue weighted by Gasteiger charge is 2.12. The van der Waals surface area contributed by atoms with E-state index >= 15 is 0 Å². The van der Waals surface area contributed by atoms with Crippen LogP contribution in [0.3, 0.4) is 0 Å². The molecule has 132 valence electrons. The second kappa shape index (κ2) is 8.17. The van der Waals surface area contributed by atoms with Crippen LogP contribution >= 0.6 is 0 Å². The minimum Gasteiger partial charge on any atom is -0.491 e. The van der Waals surface area contributed by atoms with Crippen molar-refractivity contribution in [2.24, 2.45) is 7.05 Å². The Kier molecular flexibility index (Phi) is 6.23. The zero-order valence-corrected chi connectivity index (χ0v) is 15.2. The monoisotopic (exact) mass is 332 g/mol. The van der Waals surface area contributed by atoms with Crippen molar-refractivity contribution in [3.63, 3.8) is 0 Å². The van der Waals surface area contributed by atoms with Crippen molar-refractivity contribution in [3.8, 4) is 5.75 Å².